The van der Waals surface area contributed by atoms with Crippen molar-refractivity contribution in [3.63, 3.8) is 0 Å². The smallest absolute Gasteiger partial charge is 0.356 e. The summed E-state index contributed by atoms with van der Waals surface area (Å²) < 4.78 is 8.45. The van der Waals surface area contributed by atoms with Crippen molar-refractivity contribution in [2.45, 2.75) is 13.5 Å². The summed E-state index contributed by atoms with van der Waals surface area (Å²) in [6.07, 6.45) is 3.39. The summed E-state index contributed by atoms with van der Waals surface area (Å²) in [5.74, 6) is -0.362. The molecule has 24 heavy (non-hydrogen) atoms. The third-order valence-corrected chi connectivity index (χ3v) is 3.33. The Hall–Kier alpha value is -3.23. The average molecular weight is 328 g/mol. The van der Waals surface area contributed by atoms with Crippen molar-refractivity contribution < 1.29 is 14.6 Å². The minimum absolute atomic E-state index is 0.0322. The van der Waals surface area contributed by atoms with Gasteiger partial charge in [-0.05, 0) is 19.1 Å². The zero-order chi connectivity index (χ0) is 17.1. The van der Waals surface area contributed by atoms with E-state index >= 15 is 0 Å². The number of ether oxygens (including phenoxy) is 1. The van der Waals surface area contributed by atoms with Crippen LogP contribution in [0, 0.1) is 0 Å². The summed E-state index contributed by atoms with van der Waals surface area (Å²) in [5, 5.41) is 21.0. The second-order valence-corrected chi connectivity index (χ2v) is 5.06. The number of carboxylic acid groups (broad SMARTS) is 1. The lowest BCUT2D eigenvalue weighted by atomic mass is 10.3. The Kier molecular flexibility index (Phi) is 4.23. The molecule has 3 aromatic rings. The molecule has 0 atom stereocenters. The molecular weight excluding hydrogens is 312 g/mol. The summed E-state index contributed by atoms with van der Waals surface area (Å²) in [7, 11) is 1.66. The molecule has 0 radical (unpaired) electrons. The van der Waals surface area contributed by atoms with Crippen LogP contribution in [0.2, 0.25) is 0 Å². The van der Waals surface area contributed by atoms with Gasteiger partial charge in [-0.15, -0.1) is 5.10 Å². The van der Waals surface area contributed by atoms with Gasteiger partial charge >= 0.3 is 5.97 Å². The number of carbonyl (C=O) groups is 1. The van der Waals surface area contributed by atoms with Crippen molar-refractivity contribution in [3.8, 4) is 17.1 Å². The molecular formula is C15H16N6O3. The van der Waals surface area contributed by atoms with Gasteiger partial charge in [0.05, 0.1) is 36.9 Å². The highest BCUT2D eigenvalue weighted by atomic mass is 16.5. The molecule has 3 aromatic heterocycles. The number of pyridine rings is 1. The van der Waals surface area contributed by atoms with E-state index in [1.165, 1.54) is 10.7 Å². The molecule has 3 rings (SSSR count). The Morgan fingerprint density at radius 1 is 1.38 bits per heavy atom. The SMILES string of the molecule is CCOc1ccc(Cn2cc(-c3cc(C(=O)O)nn3C)nn2)nc1. The average Bonchev–Trinajstić information content (AvgIpc) is 3.16. The van der Waals surface area contributed by atoms with Gasteiger partial charge in [-0.1, -0.05) is 5.21 Å². The molecule has 0 amide bonds. The Morgan fingerprint density at radius 2 is 2.21 bits per heavy atom. The van der Waals surface area contributed by atoms with Gasteiger partial charge in [-0.25, -0.2) is 9.48 Å². The van der Waals surface area contributed by atoms with Crippen LogP contribution in [0.15, 0.2) is 30.6 Å². The Morgan fingerprint density at radius 3 is 2.83 bits per heavy atom. The highest BCUT2D eigenvalue weighted by molar-refractivity contribution is 5.86. The standard InChI is InChI=1S/C15H16N6O3/c1-3-24-11-5-4-10(16-7-11)8-21-9-13(17-19-21)14-6-12(15(22)23)18-20(14)2/h4-7,9H,3,8H2,1-2H3,(H,22,23). The fourth-order valence-electron chi connectivity index (χ4n) is 2.23. The number of aryl methyl sites for hydroxylation is 1. The van der Waals surface area contributed by atoms with Gasteiger partial charge in [-0.2, -0.15) is 5.10 Å². The van der Waals surface area contributed by atoms with Gasteiger partial charge < -0.3 is 9.84 Å². The monoisotopic (exact) mass is 328 g/mol. The Labute approximate surface area is 137 Å². The van der Waals surface area contributed by atoms with Crippen LogP contribution in [0.5, 0.6) is 5.75 Å². The van der Waals surface area contributed by atoms with Crippen LogP contribution in [0.1, 0.15) is 23.1 Å². The summed E-state index contributed by atoms with van der Waals surface area (Å²) in [6, 6.07) is 5.18. The fourth-order valence-corrected chi connectivity index (χ4v) is 2.23. The molecule has 0 fully saturated rings. The van der Waals surface area contributed by atoms with Crippen molar-refractivity contribution in [2.24, 2.45) is 7.05 Å². The Bertz CT molecular complexity index is 852. The highest BCUT2D eigenvalue weighted by Crippen LogP contribution is 2.17. The molecule has 0 aliphatic rings. The Balaban J connectivity index is 1.77. The zero-order valence-electron chi connectivity index (χ0n) is 13.2. The number of nitrogens with zero attached hydrogens (tertiary/aromatic N) is 6. The topological polar surface area (TPSA) is 108 Å². The fraction of sp³-hybridized carbons (Fsp3) is 0.267. The number of carboxylic acids is 1. The molecule has 9 heteroatoms. The maximum atomic E-state index is 11.0. The summed E-state index contributed by atoms with van der Waals surface area (Å²) >= 11 is 0. The first-order valence-electron chi connectivity index (χ1n) is 7.32. The van der Waals surface area contributed by atoms with Crippen molar-refractivity contribution in [2.75, 3.05) is 6.61 Å². The van der Waals surface area contributed by atoms with Crippen molar-refractivity contribution in [3.05, 3.63) is 42.0 Å². The van der Waals surface area contributed by atoms with E-state index < -0.39 is 5.97 Å². The molecule has 1 N–H and O–H groups in total. The third-order valence-electron chi connectivity index (χ3n) is 3.33. The first kappa shape index (κ1) is 15.7. The van der Waals surface area contributed by atoms with Crippen LogP contribution in [0.4, 0.5) is 0 Å². The van der Waals surface area contributed by atoms with E-state index in [2.05, 4.69) is 20.4 Å². The molecule has 0 unspecified atom stereocenters. The quantitative estimate of drug-likeness (QED) is 0.724. The lowest BCUT2D eigenvalue weighted by molar-refractivity contribution is 0.0689. The lowest BCUT2D eigenvalue weighted by Gasteiger charge is -2.03. The summed E-state index contributed by atoms with van der Waals surface area (Å²) in [4.78, 5) is 15.3. The van der Waals surface area contributed by atoms with Gasteiger partial charge in [0.2, 0.25) is 0 Å². The molecule has 0 saturated carbocycles. The van der Waals surface area contributed by atoms with Crippen LogP contribution < -0.4 is 4.74 Å². The second-order valence-electron chi connectivity index (χ2n) is 5.06. The van der Waals surface area contributed by atoms with Crippen LogP contribution in [-0.4, -0.2) is 47.4 Å². The number of hydrogen-bond donors (Lipinski definition) is 1. The van der Waals surface area contributed by atoms with Gasteiger partial charge in [-0.3, -0.25) is 9.67 Å². The molecule has 0 bridgehead atoms. The van der Waals surface area contributed by atoms with E-state index in [1.807, 2.05) is 19.1 Å². The van der Waals surface area contributed by atoms with E-state index in [4.69, 9.17) is 9.84 Å². The van der Waals surface area contributed by atoms with Crippen molar-refractivity contribution in [1.82, 2.24) is 29.8 Å². The van der Waals surface area contributed by atoms with Gasteiger partial charge in [0.15, 0.2) is 5.69 Å². The third kappa shape index (κ3) is 3.24. The van der Waals surface area contributed by atoms with Gasteiger partial charge in [0, 0.05) is 13.1 Å². The maximum absolute atomic E-state index is 11.0. The van der Waals surface area contributed by atoms with E-state index in [1.54, 1.807) is 24.1 Å². The molecule has 124 valence electrons. The lowest BCUT2D eigenvalue weighted by Crippen LogP contribution is -2.02. The van der Waals surface area contributed by atoms with E-state index in [0.717, 1.165) is 11.4 Å². The number of hydrogen-bond acceptors (Lipinski definition) is 6. The van der Waals surface area contributed by atoms with Crippen LogP contribution in [0.25, 0.3) is 11.4 Å². The molecule has 0 aliphatic heterocycles. The minimum Gasteiger partial charge on any atom is -0.492 e. The van der Waals surface area contributed by atoms with Crippen LogP contribution in [0.3, 0.4) is 0 Å². The predicted octanol–water partition coefficient (Wildman–Crippen LogP) is 1.22. The van der Waals surface area contributed by atoms with Crippen LogP contribution in [-0.2, 0) is 13.6 Å². The van der Waals surface area contributed by atoms with Crippen LogP contribution >= 0.6 is 0 Å². The number of rotatable bonds is 6. The maximum Gasteiger partial charge on any atom is 0.356 e. The predicted molar refractivity (Wildman–Crippen MR) is 83.7 cm³/mol. The first-order valence-corrected chi connectivity index (χ1v) is 7.32. The van der Waals surface area contributed by atoms with Gasteiger partial charge in [0.1, 0.15) is 11.4 Å². The van der Waals surface area contributed by atoms with Crippen molar-refractivity contribution >= 4 is 5.97 Å². The van der Waals surface area contributed by atoms with Crippen molar-refractivity contribution in [1.29, 1.82) is 0 Å². The molecule has 9 nitrogen and oxygen atoms in total. The molecule has 0 saturated heterocycles. The molecule has 0 aliphatic carbocycles. The minimum atomic E-state index is -1.08. The van der Waals surface area contributed by atoms with E-state index in [9.17, 15) is 4.79 Å². The second kappa shape index (κ2) is 6.49. The number of aromatic nitrogens is 6. The normalized spacial score (nSPS) is 10.8. The van der Waals surface area contributed by atoms with E-state index in [-0.39, 0.29) is 5.69 Å². The highest BCUT2D eigenvalue weighted by Gasteiger charge is 2.15. The summed E-state index contributed by atoms with van der Waals surface area (Å²) in [6.45, 7) is 2.96. The number of aromatic carboxylic acids is 1. The molecule has 0 aromatic carbocycles. The van der Waals surface area contributed by atoms with E-state index in [0.29, 0.717) is 24.5 Å². The molecule has 0 spiro atoms. The summed E-state index contributed by atoms with van der Waals surface area (Å²) in [5.41, 5.74) is 1.91. The largest absolute Gasteiger partial charge is 0.492 e. The first-order chi connectivity index (χ1) is 11.6. The van der Waals surface area contributed by atoms with Gasteiger partial charge in [0.25, 0.3) is 0 Å². The molecule has 3 heterocycles. The zero-order valence-corrected chi connectivity index (χ0v) is 13.2.